The zero-order valence-electron chi connectivity index (χ0n) is 8.20. The third-order valence-electron chi connectivity index (χ3n) is 2.27. The summed E-state index contributed by atoms with van der Waals surface area (Å²) in [6, 6.07) is 5.94. The summed E-state index contributed by atoms with van der Waals surface area (Å²) in [7, 11) is 0. The molecular weight excluding hydrogens is 361 g/mol. The summed E-state index contributed by atoms with van der Waals surface area (Å²) >= 11 is 6.89. The second-order valence-electron chi connectivity index (χ2n) is 3.29. The van der Waals surface area contributed by atoms with Crippen LogP contribution in [0.15, 0.2) is 27.1 Å². The fourth-order valence-electron chi connectivity index (χ4n) is 1.54. The van der Waals surface area contributed by atoms with Gasteiger partial charge in [-0.25, -0.2) is 4.79 Å². The number of hydrogen-bond donors (Lipinski definition) is 1. The number of nitrogens with one attached hydrogen (secondary N) is 1. The van der Waals surface area contributed by atoms with Gasteiger partial charge in [0.2, 0.25) is 0 Å². The van der Waals surface area contributed by atoms with Crippen molar-refractivity contribution < 1.29 is 9.53 Å². The van der Waals surface area contributed by atoms with Gasteiger partial charge in [-0.1, -0.05) is 31.9 Å². The summed E-state index contributed by atoms with van der Waals surface area (Å²) < 4.78 is 6.82. The standard InChI is InChI=1S/C10H9Br2NO2.ClH/c11-6-1-2-8(12)7(5-6)9-3-4-15-10(14)13-9;/h1-2,5,9H,3-4H2,(H,13,14);1H/t9-;/m1./s1. The molecule has 0 saturated carbocycles. The number of alkyl carbamates (subject to hydrolysis) is 1. The van der Waals surface area contributed by atoms with Crippen LogP contribution in [0, 0.1) is 0 Å². The van der Waals surface area contributed by atoms with Gasteiger partial charge in [0.25, 0.3) is 0 Å². The SMILES string of the molecule is Cl.O=C1N[C@@H](c2cc(Br)ccc2Br)CCO1. The van der Waals surface area contributed by atoms with Crippen LogP contribution in [-0.4, -0.2) is 12.7 Å². The molecule has 0 aliphatic carbocycles. The fourth-order valence-corrected chi connectivity index (χ4v) is 2.44. The summed E-state index contributed by atoms with van der Waals surface area (Å²) in [5.41, 5.74) is 1.07. The van der Waals surface area contributed by atoms with Crippen LogP contribution in [0.3, 0.4) is 0 Å². The minimum Gasteiger partial charge on any atom is -0.449 e. The largest absolute Gasteiger partial charge is 0.449 e. The number of ether oxygens (including phenoxy) is 1. The first kappa shape index (κ1) is 13.8. The van der Waals surface area contributed by atoms with E-state index in [1.807, 2.05) is 18.2 Å². The minimum absolute atomic E-state index is 0. The van der Waals surface area contributed by atoms with E-state index in [1.165, 1.54) is 0 Å². The number of hydrogen-bond acceptors (Lipinski definition) is 2. The lowest BCUT2D eigenvalue weighted by atomic mass is 10.0. The topological polar surface area (TPSA) is 38.3 Å². The second-order valence-corrected chi connectivity index (χ2v) is 5.06. The van der Waals surface area contributed by atoms with E-state index in [1.54, 1.807) is 0 Å². The third kappa shape index (κ3) is 3.12. The molecule has 6 heteroatoms. The summed E-state index contributed by atoms with van der Waals surface area (Å²) in [5.74, 6) is 0. The van der Waals surface area contributed by atoms with E-state index in [-0.39, 0.29) is 24.5 Å². The summed E-state index contributed by atoms with van der Waals surface area (Å²) in [4.78, 5) is 11.1. The van der Waals surface area contributed by atoms with Crippen molar-refractivity contribution in [1.82, 2.24) is 5.32 Å². The van der Waals surface area contributed by atoms with Gasteiger partial charge < -0.3 is 10.1 Å². The maximum atomic E-state index is 11.1. The Morgan fingerprint density at radius 1 is 1.38 bits per heavy atom. The van der Waals surface area contributed by atoms with E-state index in [0.29, 0.717) is 6.61 Å². The number of carbonyl (C=O) groups excluding carboxylic acids is 1. The highest BCUT2D eigenvalue weighted by atomic mass is 79.9. The Bertz CT molecular complexity index is 400. The molecule has 0 aromatic heterocycles. The number of benzene rings is 1. The fraction of sp³-hybridized carbons (Fsp3) is 0.300. The van der Waals surface area contributed by atoms with E-state index >= 15 is 0 Å². The molecule has 0 radical (unpaired) electrons. The van der Waals surface area contributed by atoms with Crippen molar-refractivity contribution in [3.8, 4) is 0 Å². The first-order valence-corrected chi connectivity index (χ1v) is 6.13. The van der Waals surface area contributed by atoms with E-state index in [0.717, 1.165) is 20.9 Å². The van der Waals surface area contributed by atoms with Crippen LogP contribution >= 0.6 is 44.3 Å². The molecule has 0 bridgehead atoms. The van der Waals surface area contributed by atoms with Gasteiger partial charge in [0.15, 0.2) is 0 Å². The van der Waals surface area contributed by atoms with E-state index in [9.17, 15) is 4.79 Å². The number of carbonyl (C=O) groups is 1. The highest BCUT2D eigenvalue weighted by Crippen LogP contribution is 2.29. The number of cyclic esters (lactones) is 1. The quantitative estimate of drug-likeness (QED) is 0.815. The molecule has 1 aromatic rings. The van der Waals surface area contributed by atoms with Crippen LogP contribution in [-0.2, 0) is 4.74 Å². The van der Waals surface area contributed by atoms with Crippen LogP contribution < -0.4 is 5.32 Å². The van der Waals surface area contributed by atoms with Gasteiger partial charge in [-0.3, -0.25) is 0 Å². The molecule has 16 heavy (non-hydrogen) atoms. The highest BCUT2D eigenvalue weighted by Gasteiger charge is 2.22. The predicted molar refractivity (Wildman–Crippen MR) is 70.9 cm³/mol. The predicted octanol–water partition coefficient (Wildman–Crippen LogP) is 3.80. The lowest BCUT2D eigenvalue weighted by Gasteiger charge is -2.24. The Morgan fingerprint density at radius 2 is 2.12 bits per heavy atom. The molecule has 1 aromatic carbocycles. The molecule has 1 aliphatic rings. The van der Waals surface area contributed by atoms with Gasteiger partial charge >= 0.3 is 6.09 Å². The van der Waals surface area contributed by atoms with Crippen molar-refractivity contribution >= 4 is 50.4 Å². The summed E-state index contributed by atoms with van der Waals surface area (Å²) in [6.07, 6.45) is 0.443. The van der Waals surface area contributed by atoms with E-state index in [4.69, 9.17) is 4.74 Å². The van der Waals surface area contributed by atoms with Gasteiger partial charge in [0.05, 0.1) is 12.6 Å². The summed E-state index contributed by atoms with van der Waals surface area (Å²) in [5, 5.41) is 2.79. The monoisotopic (exact) mass is 369 g/mol. The molecular formula is C10H10Br2ClNO2. The van der Waals surface area contributed by atoms with Gasteiger partial charge in [-0.05, 0) is 23.8 Å². The van der Waals surface area contributed by atoms with Crippen LogP contribution in [0.1, 0.15) is 18.0 Å². The van der Waals surface area contributed by atoms with Gasteiger partial charge in [0.1, 0.15) is 0 Å². The lowest BCUT2D eigenvalue weighted by molar-refractivity contribution is 0.115. The van der Waals surface area contributed by atoms with Crippen molar-refractivity contribution in [3.63, 3.8) is 0 Å². The average Bonchev–Trinajstić information content (AvgIpc) is 2.22. The zero-order valence-corrected chi connectivity index (χ0v) is 12.2. The molecule has 0 unspecified atom stereocenters. The van der Waals surface area contributed by atoms with Crippen LogP contribution in [0.25, 0.3) is 0 Å². The Labute approximate surface area is 117 Å². The van der Waals surface area contributed by atoms with Crippen molar-refractivity contribution in [2.45, 2.75) is 12.5 Å². The van der Waals surface area contributed by atoms with E-state index in [2.05, 4.69) is 37.2 Å². The van der Waals surface area contributed by atoms with Crippen molar-refractivity contribution in [3.05, 3.63) is 32.7 Å². The first-order chi connectivity index (χ1) is 7.16. The van der Waals surface area contributed by atoms with Gasteiger partial charge in [0, 0.05) is 15.4 Å². The maximum absolute atomic E-state index is 11.1. The van der Waals surface area contributed by atoms with Gasteiger partial charge in [-0.2, -0.15) is 0 Å². The molecule has 0 spiro atoms. The zero-order chi connectivity index (χ0) is 10.8. The molecule has 1 saturated heterocycles. The highest BCUT2D eigenvalue weighted by molar-refractivity contribution is 9.11. The van der Waals surface area contributed by atoms with E-state index < -0.39 is 0 Å². The first-order valence-electron chi connectivity index (χ1n) is 4.55. The Morgan fingerprint density at radius 3 is 2.81 bits per heavy atom. The maximum Gasteiger partial charge on any atom is 0.407 e. The van der Waals surface area contributed by atoms with Gasteiger partial charge in [-0.15, -0.1) is 12.4 Å². The van der Waals surface area contributed by atoms with Crippen molar-refractivity contribution in [2.24, 2.45) is 0 Å². The number of amides is 1. The normalized spacial score (nSPS) is 19.4. The average molecular weight is 371 g/mol. The Hall–Kier alpha value is -0.260. The molecule has 1 aliphatic heterocycles. The molecule has 1 atom stereocenters. The van der Waals surface area contributed by atoms with Crippen LogP contribution in [0.5, 0.6) is 0 Å². The third-order valence-corrected chi connectivity index (χ3v) is 3.48. The van der Waals surface area contributed by atoms with Crippen molar-refractivity contribution in [1.29, 1.82) is 0 Å². The molecule has 1 N–H and O–H groups in total. The van der Waals surface area contributed by atoms with Crippen molar-refractivity contribution in [2.75, 3.05) is 6.61 Å². The number of rotatable bonds is 1. The van der Waals surface area contributed by atoms with Crippen LogP contribution in [0.2, 0.25) is 0 Å². The Kier molecular flexibility index (Phi) is 5.08. The van der Waals surface area contributed by atoms with Crippen LogP contribution in [0.4, 0.5) is 4.79 Å². The summed E-state index contributed by atoms with van der Waals surface area (Å²) in [6.45, 7) is 0.468. The second kappa shape index (κ2) is 5.89. The minimum atomic E-state index is -0.349. The molecule has 88 valence electrons. The number of halogens is 3. The molecule has 2 rings (SSSR count). The molecule has 1 fully saturated rings. The molecule has 3 nitrogen and oxygen atoms in total. The smallest absolute Gasteiger partial charge is 0.407 e. The lowest BCUT2D eigenvalue weighted by Crippen LogP contribution is -2.35. The molecule has 1 amide bonds. The Balaban J connectivity index is 0.00000128. The molecule has 1 heterocycles.